The van der Waals surface area contributed by atoms with E-state index in [4.69, 9.17) is 9.51 Å². The van der Waals surface area contributed by atoms with Crippen LogP contribution in [0.25, 0.3) is 33.4 Å². The molecule has 4 aromatic heterocycles. The highest BCUT2D eigenvalue weighted by molar-refractivity contribution is 6.01. The fraction of sp³-hybridized carbons (Fsp3) is 0.404. The third-order valence-electron chi connectivity index (χ3n) is 12.8. The highest BCUT2D eigenvalue weighted by Crippen LogP contribution is 2.42. The van der Waals surface area contributed by atoms with Crippen molar-refractivity contribution < 1.29 is 18.9 Å². The number of aromatic amines is 1. The second-order valence-electron chi connectivity index (χ2n) is 17.9. The van der Waals surface area contributed by atoms with Crippen molar-refractivity contribution in [2.75, 3.05) is 13.1 Å². The Hall–Kier alpha value is -6.08. The van der Waals surface area contributed by atoms with E-state index < -0.39 is 0 Å². The normalized spacial score (nSPS) is 20.8. The monoisotopic (exact) mass is 805 g/mol. The summed E-state index contributed by atoms with van der Waals surface area (Å²) in [5.41, 5.74) is 9.62. The molecule has 3 amide bonds. The van der Waals surface area contributed by atoms with E-state index in [-0.39, 0.29) is 40.9 Å². The first-order chi connectivity index (χ1) is 28.9. The van der Waals surface area contributed by atoms with Crippen LogP contribution in [0.15, 0.2) is 77.6 Å². The summed E-state index contributed by atoms with van der Waals surface area (Å²) in [6, 6.07) is 21.5. The maximum Gasteiger partial charge on any atom is 0.293 e. The van der Waals surface area contributed by atoms with Crippen molar-refractivity contribution in [3.8, 4) is 22.4 Å². The van der Waals surface area contributed by atoms with Crippen molar-refractivity contribution in [3.63, 3.8) is 0 Å². The van der Waals surface area contributed by atoms with Gasteiger partial charge in [-0.05, 0) is 105 Å². The first-order valence-corrected chi connectivity index (χ1v) is 21.1. The minimum atomic E-state index is -0.384. The SMILES string of the molecule is Cc1cc(-c2[nH]nc3ncc(-c4ccc(C5CCN(C6CC(c7ccc(C8CCC(=O)NC8=O)cc7)C6)CC5)nc4)cc23)ccc1[C@@H](C)NC(=O)c1noc(C(C)(C)C)n1. The van der Waals surface area contributed by atoms with Crippen LogP contribution in [0.4, 0.5) is 0 Å². The fourth-order valence-corrected chi connectivity index (χ4v) is 9.10. The van der Waals surface area contributed by atoms with Crippen molar-refractivity contribution in [2.45, 2.75) is 108 Å². The quantitative estimate of drug-likeness (QED) is 0.122. The lowest BCUT2D eigenvalue weighted by atomic mass is 9.74. The molecule has 13 heteroatoms. The molecule has 3 fully saturated rings. The number of H-pyrrole nitrogens is 1. The van der Waals surface area contributed by atoms with E-state index in [0.717, 1.165) is 88.9 Å². The number of pyridine rings is 2. The van der Waals surface area contributed by atoms with Gasteiger partial charge in [0.2, 0.25) is 17.7 Å². The van der Waals surface area contributed by atoms with Crippen LogP contribution < -0.4 is 10.6 Å². The number of aromatic nitrogens is 6. The molecule has 3 aliphatic rings. The molecule has 2 atom stereocenters. The van der Waals surface area contributed by atoms with E-state index in [2.05, 4.69) is 89.4 Å². The Labute approximate surface area is 349 Å². The van der Waals surface area contributed by atoms with Gasteiger partial charge in [0.1, 0.15) is 0 Å². The minimum Gasteiger partial charge on any atom is -0.343 e. The number of rotatable bonds is 9. The van der Waals surface area contributed by atoms with E-state index in [1.54, 1.807) is 0 Å². The molecule has 3 N–H and O–H groups in total. The van der Waals surface area contributed by atoms with E-state index >= 15 is 0 Å². The first kappa shape index (κ1) is 39.4. The van der Waals surface area contributed by atoms with Gasteiger partial charge >= 0.3 is 0 Å². The summed E-state index contributed by atoms with van der Waals surface area (Å²) in [6.07, 6.45) is 9.33. The predicted molar refractivity (Wildman–Crippen MR) is 227 cm³/mol. The Bertz CT molecular complexity index is 2560. The number of fused-ring (bicyclic) bond motifs is 1. The highest BCUT2D eigenvalue weighted by Gasteiger charge is 2.37. The summed E-state index contributed by atoms with van der Waals surface area (Å²) in [6.45, 7) is 12.0. The molecular formula is C47H51N9O4. The third-order valence-corrected chi connectivity index (χ3v) is 12.8. The van der Waals surface area contributed by atoms with Crippen LogP contribution in [0.1, 0.15) is 134 Å². The van der Waals surface area contributed by atoms with E-state index in [1.165, 1.54) is 5.56 Å². The minimum absolute atomic E-state index is 0.0219. The van der Waals surface area contributed by atoms with Crippen LogP contribution in [0.2, 0.25) is 0 Å². The van der Waals surface area contributed by atoms with Crippen molar-refractivity contribution in [2.24, 2.45) is 0 Å². The van der Waals surface area contributed by atoms with Gasteiger partial charge in [-0.3, -0.25) is 29.8 Å². The number of aryl methyl sites for hydroxylation is 1. The number of hydrogen-bond acceptors (Lipinski definition) is 10. The Morgan fingerprint density at radius 1 is 0.883 bits per heavy atom. The lowest BCUT2D eigenvalue weighted by molar-refractivity contribution is -0.134. The Kier molecular flexibility index (Phi) is 10.4. The molecule has 6 aromatic rings. The first-order valence-electron chi connectivity index (χ1n) is 21.1. The average Bonchev–Trinajstić information content (AvgIpc) is 3.90. The largest absolute Gasteiger partial charge is 0.343 e. The number of likely N-dealkylation sites (tertiary alicyclic amines) is 1. The van der Waals surface area contributed by atoms with Gasteiger partial charge < -0.3 is 14.7 Å². The van der Waals surface area contributed by atoms with Gasteiger partial charge in [-0.15, -0.1) is 0 Å². The van der Waals surface area contributed by atoms with Crippen LogP contribution in [0, 0.1) is 6.92 Å². The number of piperidine rings is 2. The molecule has 1 unspecified atom stereocenters. The fourth-order valence-electron chi connectivity index (χ4n) is 9.10. The van der Waals surface area contributed by atoms with Gasteiger partial charge in [0.15, 0.2) is 5.65 Å². The number of benzene rings is 2. The molecular weight excluding hydrogens is 755 g/mol. The molecule has 0 radical (unpaired) electrons. The van der Waals surface area contributed by atoms with Gasteiger partial charge in [-0.1, -0.05) is 68.4 Å². The summed E-state index contributed by atoms with van der Waals surface area (Å²) in [5.74, 6) is 0.460. The zero-order valence-electron chi connectivity index (χ0n) is 34.8. The predicted octanol–water partition coefficient (Wildman–Crippen LogP) is 7.81. The molecule has 0 spiro atoms. The maximum atomic E-state index is 12.9. The smallest absolute Gasteiger partial charge is 0.293 e. The van der Waals surface area contributed by atoms with Crippen molar-refractivity contribution in [3.05, 3.63) is 113 Å². The zero-order valence-corrected chi connectivity index (χ0v) is 34.8. The van der Waals surface area contributed by atoms with Crippen LogP contribution in [0.3, 0.4) is 0 Å². The Morgan fingerprint density at radius 2 is 1.62 bits per heavy atom. The number of carbonyl (C=O) groups is 3. The molecule has 60 heavy (non-hydrogen) atoms. The lowest BCUT2D eigenvalue weighted by Gasteiger charge is -2.46. The van der Waals surface area contributed by atoms with Gasteiger partial charge in [0.05, 0.1) is 17.7 Å². The molecule has 6 heterocycles. The van der Waals surface area contributed by atoms with E-state index in [0.29, 0.717) is 42.3 Å². The number of hydrogen-bond donors (Lipinski definition) is 3. The number of imide groups is 1. The summed E-state index contributed by atoms with van der Waals surface area (Å²) in [4.78, 5) is 53.4. The number of nitrogens with one attached hydrogen (secondary N) is 3. The number of carbonyl (C=O) groups excluding carboxylic acids is 3. The number of nitrogens with zero attached hydrogens (tertiary/aromatic N) is 6. The molecule has 308 valence electrons. The lowest BCUT2D eigenvalue weighted by Crippen LogP contribution is -2.47. The van der Waals surface area contributed by atoms with Crippen LogP contribution >= 0.6 is 0 Å². The summed E-state index contributed by atoms with van der Waals surface area (Å²) < 4.78 is 5.31. The number of amides is 3. The molecule has 2 aromatic carbocycles. The van der Waals surface area contributed by atoms with Crippen molar-refractivity contribution >= 4 is 28.8 Å². The van der Waals surface area contributed by atoms with Gasteiger partial charge in [-0.2, -0.15) is 10.1 Å². The van der Waals surface area contributed by atoms with Crippen LogP contribution in [-0.4, -0.2) is 72.1 Å². The van der Waals surface area contributed by atoms with Crippen LogP contribution in [-0.2, 0) is 15.0 Å². The van der Waals surface area contributed by atoms with Gasteiger partial charge in [0, 0.05) is 64.0 Å². The van der Waals surface area contributed by atoms with E-state index in [9.17, 15) is 14.4 Å². The van der Waals surface area contributed by atoms with Crippen molar-refractivity contribution in [1.29, 1.82) is 0 Å². The summed E-state index contributed by atoms with van der Waals surface area (Å²) in [5, 5.41) is 18.0. The van der Waals surface area contributed by atoms with Crippen molar-refractivity contribution in [1.82, 2.24) is 45.8 Å². The highest BCUT2D eigenvalue weighted by atomic mass is 16.5. The molecule has 2 aliphatic heterocycles. The van der Waals surface area contributed by atoms with Crippen LogP contribution in [0.5, 0.6) is 0 Å². The topological polar surface area (TPSA) is 172 Å². The Balaban J connectivity index is 0.794. The zero-order chi connectivity index (χ0) is 41.7. The summed E-state index contributed by atoms with van der Waals surface area (Å²) >= 11 is 0. The van der Waals surface area contributed by atoms with Gasteiger partial charge in [-0.25, -0.2) is 4.98 Å². The third kappa shape index (κ3) is 7.85. The maximum absolute atomic E-state index is 12.9. The molecule has 1 saturated carbocycles. The molecule has 2 saturated heterocycles. The standard InChI is InChI=1S/C47H51N9O4/c1-26-20-31(10-12-36(26)27(2)50-45(59)43-52-46(60-55-43)47(3,4)5)41-38-23-34(25-49-42(38)54-53-41)32-11-14-39(48-24-32)30-16-18-56(19-17-30)35-21-33(22-35)28-6-8-29(9-7-28)37-13-15-40(57)51-44(37)58/h6-12,14,20,23-25,27,30,33,35,37H,13,15-19,21-22H2,1-5H3,(H,50,59)(H,49,53,54)(H,51,57,58)/t27-,33?,35?,37?/m1/s1. The molecule has 13 nitrogen and oxygen atoms in total. The Morgan fingerprint density at radius 3 is 2.30 bits per heavy atom. The van der Waals surface area contributed by atoms with Gasteiger partial charge in [0.25, 0.3) is 11.7 Å². The molecule has 1 aliphatic carbocycles. The second kappa shape index (κ2) is 15.8. The average molecular weight is 806 g/mol. The van der Waals surface area contributed by atoms with E-state index in [1.807, 2.05) is 59.1 Å². The summed E-state index contributed by atoms with van der Waals surface area (Å²) in [7, 11) is 0. The molecule has 9 rings (SSSR count). The second-order valence-corrected chi connectivity index (χ2v) is 17.9. The molecule has 0 bridgehead atoms.